The average Bonchev–Trinajstić information content (AvgIpc) is 3.57. The van der Waals surface area contributed by atoms with Gasteiger partial charge in [0.15, 0.2) is 4.80 Å². The van der Waals surface area contributed by atoms with Crippen molar-refractivity contribution < 1.29 is 19.1 Å². The lowest BCUT2D eigenvalue weighted by Gasteiger charge is -2.26. The van der Waals surface area contributed by atoms with E-state index in [4.69, 9.17) is 26.1 Å². The van der Waals surface area contributed by atoms with Crippen molar-refractivity contribution in [3.05, 3.63) is 156 Å². The largest absolute Gasteiger partial charge is 0.494 e. The van der Waals surface area contributed by atoms with Crippen molar-refractivity contribution in [1.29, 1.82) is 0 Å². The summed E-state index contributed by atoms with van der Waals surface area (Å²) in [6, 6.07) is 30.6. The van der Waals surface area contributed by atoms with Gasteiger partial charge in [-0.1, -0.05) is 102 Å². The van der Waals surface area contributed by atoms with Gasteiger partial charge in [-0.15, -0.1) is 0 Å². The zero-order valence-corrected chi connectivity index (χ0v) is 27.8. The molecule has 0 N–H and O–H groups in total. The monoisotopic (exact) mass is 675 g/mol. The van der Waals surface area contributed by atoms with Crippen LogP contribution in [0, 0.1) is 0 Å². The number of carbonyl (C=O) groups excluding carboxylic acids is 2. The fraction of sp³-hybridized carbons (Fsp3) is 0.158. The van der Waals surface area contributed by atoms with E-state index in [1.807, 2.05) is 104 Å². The molecule has 0 saturated carbocycles. The van der Waals surface area contributed by atoms with Crippen LogP contribution in [-0.4, -0.2) is 29.7 Å². The SMILES string of the molecule is CCOC(=O)C1=C(c2ccccc2)N=c2s/c(=C3\C(=O)N(Cc4ccccc4Cl)c4ccccc43)c(=O)n2[C@@H]1c1ccc(OCC)cc1. The molecule has 48 heavy (non-hydrogen) atoms. The highest BCUT2D eigenvalue weighted by Gasteiger charge is 2.38. The summed E-state index contributed by atoms with van der Waals surface area (Å²) in [4.78, 5) is 49.8. The van der Waals surface area contributed by atoms with Crippen LogP contribution in [0.3, 0.4) is 0 Å². The first-order chi connectivity index (χ1) is 23.4. The minimum atomic E-state index is -0.883. The van der Waals surface area contributed by atoms with Gasteiger partial charge >= 0.3 is 5.97 Å². The van der Waals surface area contributed by atoms with Gasteiger partial charge in [0.2, 0.25) is 0 Å². The second kappa shape index (κ2) is 13.1. The zero-order chi connectivity index (χ0) is 33.4. The van der Waals surface area contributed by atoms with Crippen molar-refractivity contribution in [3.63, 3.8) is 0 Å². The number of hydrogen-bond donors (Lipinski definition) is 0. The summed E-state index contributed by atoms with van der Waals surface area (Å²) in [6.45, 7) is 4.51. The second-order valence-electron chi connectivity index (χ2n) is 11.1. The Hall–Kier alpha value is -5.25. The van der Waals surface area contributed by atoms with Crippen LogP contribution in [-0.2, 0) is 20.9 Å². The quantitative estimate of drug-likeness (QED) is 0.191. The number of nitrogens with zero attached hydrogens (tertiary/aromatic N) is 3. The second-order valence-corrected chi connectivity index (χ2v) is 12.5. The Balaban J connectivity index is 1.49. The van der Waals surface area contributed by atoms with E-state index >= 15 is 0 Å². The molecule has 10 heteroatoms. The molecule has 4 aromatic carbocycles. The van der Waals surface area contributed by atoms with Crippen LogP contribution in [0.15, 0.2) is 118 Å². The highest BCUT2D eigenvalue weighted by atomic mass is 35.5. The van der Waals surface area contributed by atoms with Crippen LogP contribution < -0.4 is 24.5 Å². The Morgan fingerprint density at radius 1 is 0.875 bits per heavy atom. The molecule has 5 aromatic rings. The van der Waals surface area contributed by atoms with E-state index in [1.165, 1.54) is 4.57 Å². The number of ether oxygens (including phenoxy) is 2. The normalized spacial score (nSPS) is 16.4. The summed E-state index contributed by atoms with van der Waals surface area (Å²) in [5.41, 5.74) is 3.98. The minimum absolute atomic E-state index is 0.140. The number of carbonyl (C=O) groups is 2. The van der Waals surface area contributed by atoms with Gasteiger partial charge < -0.3 is 14.4 Å². The van der Waals surface area contributed by atoms with Crippen LogP contribution in [0.2, 0.25) is 5.02 Å². The topological polar surface area (TPSA) is 90.2 Å². The van der Waals surface area contributed by atoms with Crippen molar-refractivity contribution in [1.82, 2.24) is 4.57 Å². The maximum Gasteiger partial charge on any atom is 0.338 e. The Bertz CT molecular complexity index is 2280. The lowest BCUT2D eigenvalue weighted by atomic mass is 9.93. The molecular weight excluding hydrogens is 646 g/mol. The number of thiazole rings is 1. The number of fused-ring (bicyclic) bond motifs is 2. The van der Waals surface area contributed by atoms with Gasteiger partial charge in [0.25, 0.3) is 11.5 Å². The number of amides is 1. The maximum atomic E-state index is 14.7. The summed E-state index contributed by atoms with van der Waals surface area (Å²) in [6.07, 6.45) is 0. The highest BCUT2D eigenvalue weighted by molar-refractivity contribution is 7.07. The number of esters is 1. The molecule has 0 unspecified atom stereocenters. The predicted octanol–water partition coefficient (Wildman–Crippen LogP) is 5.90. The lowest BCUT2D eigenvalue weighted by Crippen LogP contribution is -2.41. The molecule has 0 bridgehead atoms. The first kappa shape index (κ1) is 31.4. The van der Waals surface area contributed by atoms with Crippen LogP contribution in [0.1, 0.15) is 42.1 Å². The maximum absolute atomic E-state index is 14.7. The Kier molecular flexibility index (Phi) is 8.56. The fourth-order valence-corrected chi connectivity index (χ4v) is 7.46. The van der Waals surface area contributed by atoms with E-state index in [-0.39, 0.29) is 34.7 Å². The Morgan fingerprint density at radius 3 is 2.31 bits per heavy atom. The molecule has 1 amide bonds. The van der Waals surface area contributed by atoms with E-state index in [2.05, 4.69) is 0 Å². The van der Waals surface area contributed by atoms with E-state index in [1.54, 1.807) is 17.9 Å². The lowest BCUT2D eigenvalue weighted by molar-refractivity contribution is -0.138. The summed E-state index contributed by atoms with van der Waals surface area (Å²) in [7, 11) is 0. The van der Waals surface area contributed by atoms with Crippen molar-refractivity contribution in [2.75, 3.05) is 18.1 Å². The molecule has 0 fully saturated rings. The summed E-state index contributed by atoms with van der Waals surface area (Å²) < 4.78 is 13.0. The number of aromatic nitrogens is 1. The number of hydrogen-bond acceptors (Lipinski definition) is 7. The molecule has 1 atom stereocenters. The Labute approximate surface area is 285 Å². The number of benzene rings is 4. The van der Waals surface area contributed by atoms with Gasteiger partial charge in [0, 0.05) is 16.1 Å². The molecule has 8 nitrogen and oxygen atoms in total. The standard InChI is InChI=1S/C38H30ClN3O5S/c1-3-46-26-20-18-24(19-21-26)33-31(37(45)47-4-2)32(23-12-6-5-7-13-23)40-38-42(33)36(44)34(48-38)30-27-15-9-11-17-29(27)41(35(30)43)22-25-14-8-10-16-28(25)39/h5-21,33H,3-4,22H2,1-2H3/b34-30-/t33-/m1/s1. The van der Waals surface area contributed by atoms with Crippen molar-refractivity contribution in [2.24, 2.45) is 4.99 Å². The van der Waals surface area contributed by atoms with Gasteiger partial charge in [-0.05, 0) is 49.2 Å². The van der Waals surface area contributed by atoms with Crippen molar-refractivity contribution in [2.45, 2.75) is 26.4 Å². The molecule has 240 valence electrons. The van der Waals surface area contributed by atoms with E-state index in [0.29, 0.717) is 50.3 Å². The van der Waals surface area contributed by atoms with Crippen LogP contribution in [0.4, 0.5) is 5.69 Å². The third-order valence-electron chi connectivity index (χ3n) is 8.29. The van der Waals surface area contributed by atoms with Crippen LogP contribution >= 0.6 is 22.9 Å². The first-order valence-electron chi connectivity index (χ1n) is 15.6. The third kappa shape index (κ3) is 5.44. The first-order valence-corrected chi connectivity index (χ1v) is 16.8. The summed E-state index contributed by atoms with van der Waals surface area (Å²) >= 11 is 7.63. The smallest absolute Gasteiger partial charge is 0.338 e. The Morgan fingerprint density at radius 2 is 1.58 bits per heavy atom. The van der Waals surface area contributed by atoms with Crippen LogP contribution in [0.5, 0.6) is 5.75 Å². The molecule has 2 aliphatic rings. The molecule has 7 rings (SSSR count). The highest BCUT2D eigenvalue weighted by Crippen LogP contribution is 2.38. The molecule has 3 heterocycles. The van der Waals surface area contributed by atoms with Crippen molar-refractivity contribution >= 4 is 51.8 Å². The van der Waals surface area contributed by atoms with E-state index in [0.717, 1.165) is 16.9 Å². The number of anilines is 1. The zero-order valence-electron chi connectivity index (χ0n) is 26.2. The van der Waals surface area contributed by atoms with Gasteiger partial charge in [0.1, 0.15) is 10.3 Å². The van der Waals surface area contributed by atoms with E-state index < -0.39 is 17.6 Å². The van der Waals surface area contributed by atoms with Gasteiger partial charge in [-0.3, -0.25) is 14.2 Å². The van der Waals surface area contributed by atoms with Gasteiger partial charge in [0.05, 0.1) is 48.3 Å². The van der Waals surface area contributed by atoms with Gasteiger partial charge in [-0.2, -0.15) is 0 Å². The number of halogens is 1. The summed E-state index contributed by atoms with van der Waals surface area (Å²) in [5.74, 6) is -0.232. The molecule has 1 aromatic heterocycles. The molecular formula is C38H30ClN3O5S. The fourth-order valence-electron chi connectivity index (χ4n) is 6.17. The van der Waals surface area contributed by atoms with Crippen molar-refractivity contribution in [3.8, 4) is 5.75 Å². The van der Waals surface area contributed by atoms with Gasteiger partial charge in [-0.25, -0.2) is 9.79 Å². The molecule has 0 saturated heterocycles. The minimum Gasteiger partial charge on any atom is -0.494 e. The van der Waals surface area contributed by atoms with E-state index in [9.17, 15) is 14.4 Å². The molecule has 0 aliphatic carbocycles. The predicted molar refractivity (Wildman–Crippen MR) is 187 cm³/mol. The molecule has 2 aliphatic heterocycles. The number of para-hydroxylation sites is 1. The third-order valence-corrected chi connectivity index (χ3v) is 9.71. The average molecular weight is 676 g/mol. The van der Waals surface area contributed by atoms with Crippen LogP contribution in [0.25, 0.3) is 11.3 Å². The molecule has 0 radical (unpaired) electrons. The number of rotatable bonds is 8. The molecule has 0 spiro atoms. The summed E-state index contributed by atoms with van der Waals surface area (Å²) in [5, 5.41) is 0.547.